The molecule has 1 aromatic carbocycles. The van der Waals surface area contributed by atoms with Crippen molar-refractivity contribution in [2.24, 2.45) is 0 Å². The second kappa shape index (κ2) is 11.1. The summed E-state index contributed by atoms with van der Waals surface area (Å²) in [4.78, 5) is 42.6. The minimum atomic E-state index is -2.99. The molecule has 1 saturated heterocycles. The molecule has 1 atom stereocenters. The summed E-state index contributed by atoms with van der Waals surface area (Å²) in [6.45, 7) is 4.71. The number of nitrogens with one attached hydrogen (secondary N) is 3. The van der Waals surface area contributed by atoms with Gasteiger partial charge in [0.15, 0.2) is 0 Å². The number of fused-ring (bicyclic) bond motifs is 2. The first-order valence-corrected chi connectivity index (χ1v) is 16.8. The van der Waals surface area contributed by atoms with Crippen LogP contribution in [0.15, 0.2) is 46.7 Å². The summed E-state index contributed by atoms with van der Waals surface area (Å²) in [5, 5.41) is 5.54. The first-order valence-electron chi connectivity index (χ1n) is 13.9. The summed E-state index contributed by atoms with van der Waals surface area (Å²) in [6.07, 6.45) is 5.38. The molecule has 4 aromatic rings. The fraction of sp³-hybridized carbons (Fsp3) is 0.414. The van der Waals surface area contributed by atoms with Crippen LogP contribution in [0.3, 0.4) is 0 Å². The van der Waals surface area contributed by atoms with Crippen molar-refractivity contribution in [3.05, 3.63) is 68.3 Å². The van der Waals surface area contributed by atoms with E-state index in [1.54, 1.807) is 17.5 Å². The molecular formula is C29H34N6O4S2. The van der Waals surface area contributed by atoms with Crippen LogP contribution in [0.25, 0.3) is 22.4 Å². The van der Waals surface area contributed by atoms with Gasteiger partial charge in [0, 0.05) is 67.6 Å². The van der Waals surface area contributed by atoms with E-state index >= 15 is 0 Å². The normalized spacial score (nSPS) is 17.3. The maximum atomic E-state index is 13.4. The molecule has 5 heterocycles. The van der Waals surface area contributed by atoms with Crippen LogP contribution >= 0.6 is 11.3 Å². The third kappa shape index (κ3) is 5.95. The molecule has 216 valence electrons. The predicted octanol–water partition coefficient (Wildman–Crippen LogP) is 3.49. The van der Waals surface area contributed by atoms with Gasteiger partial charge in [0.1, 0.15) is 21.2 Å². The third-order valence-electron chi connectivity index (χ3n) is 8.00. The van der Waals surface area contributed by atoms with E-state index in [-0.39, 0.29) is 29.3 Å². The molecule has 0 unspecified atom stereocenters. The third-order valence-corrected chi connectivity index (χ3v) is 9.82. The molecule has 10 nitrogen and oxygen atoms in total. The Bertz CT molecular complexity index is 1740. The number of amides is 1. The molecule has 2 aliphatic rings. The van der Waals surface area contributed by atoms with Crippen molar-refractivity contribution in [1.82, 2.24) is 24.8 Å². The number of hydrogen-bond acceptors (Lipinski definition) is 8. The number of piperidine rings is 1. The highest BCUT2D eigenvalue weighted by Gasteiger charge is 2.35. The Morgan fingerprint density at radius 1 is 1.20 bits per heavy atom. The maximum absolute atomic E-state index is 13.4. The fourth-order valence-corrected chi connectivity index (χ4v) is 7.31. The van der Waals surface area contributed by atoms with Gasteiger partial charge in [0.2, 0.25) is 0 Å². The van der Waals surface area contributed by atoms with Crippen LogP contribution in [0.1, 0.15) is 40.6 Å². The summed E-state index contributed by atoms with van der Waals surface area (Å²) < 4.78 is 23.0. The smallest absolute Gasteiger partial charge is 0.261 e. The van der Waals surface area contributed by atoms with Gasteiger partial charge in [0.25, 0.3) is 11.5 Å². The molecule has 1 fully saturated rings. The Morgan fingerprint density at radius 2 is 2.00 bits per heavy atom. The fourth-order valence-electron chi connectivity index (χ4n) is 5.88. The lowest BCUT2D eigenvalue weighted by Gasteiger charge is -2.36. The molecule has 3 aromatic heterocycles. The molecule has 2 aliphatic heterocycles. The topological polar surface area (TPSA) is 131 Å². The largest absolute Gasteiger partial charge is 0.381 e. The number of nitrogens with zero attached hydrogens (tertiary/aromatic N) is 3. The van der Waals surface area contributed by atoms with Crippen LogP contribution in [0, 0.1) is 0 Å². The zero-order chi connectivity index (χ0) is 28.7. The Kier molecular flexibility index (Phi) is 7.47. The molecule has 0 spiro atoms. The summed E-state index contributed by atoms with van der Waals surface area (Å²) >= 11 is 1.71. The zero-order valence-corrected chi connectivity index (χ0v) is 24.8. The number of imidazole rings is 1. The van der Waals surface area contributed by atoms with Crippen LogP contribution in [-0.2, 0) is 22.8 Å². The van der Waals surface area contributed by atoms with E-state index in [0.29, 0.717) is 46.8 Å². The van der Waals surface area contributed by atoms with Crippen molar-refractivity contribution in [2.45, 2.75) is 44.8 Å². The van der Waals surface area contributed by atoms with Gasteiger partial charge in [0.05, 0.1) is 22.5 Å². The van der Waals surface area contributed by atoms with Gasteiger partial charge in [-0.15, -0.1) is 11.3 Å². The number of rotatable bonds is 9. The Labute approximate surface area is 242 Å². The van der Waals surface area contributed by atoms with Gasteiger partial charge in [-0.25, -0.2) is 13.4 Å². The lowest BCUT2D eigenvalue weighted by Crippen LogP contribution is -2.45. The zero-order valence-electron chi connectivity index (χ0n) is 23.1. The van der Waals surface area contributed by atoms with E-state index in [0.717, 1.165) is 37.9 Å². The van der Waals surface area contributed by atoms with Gasteiger partial charge < -0.3 is 25.1 Å². The van der Waals surface area contributed by atoms with Crippen LogP contribution in [-0.4, -0.2) is 82.8 Å². The number of H-pyrrole nitrogens is 2. The van der Waals surface area contributed by atoms with Gasteiger partial charge >= 0.3 is 0 Å². The Hall–Kier alpha value is -3.48. The first-order chi connectivity index (χ1) is 19.6. The number of pyridine rings is 1. The second-order valence-electron chi connectivity index (χ2n) is 11.2. The number of carbonyl (C=O) groups excluding carboxylic acids is 1. The average molecular weight is 595 g/mol. The van der Waals surface area contributed by atoms with E-state index < -0.39 is 9.84 Å². The number of hydrogen-bond donors (Lipinski definition) is 3. The predicted molar refractivity (Wildman–Crippen MR) is 162 cm³/mol. The SMILES string of the molecule is C[C@@H](Cc1cccs1)Nc1cc[nH]c(=O)c1-c1nc2cc3c(cc2[nH]1)C(=O)N(C1CCN(CCS(C)(=O)=O)CC1)C3. The van der Waals surface area contributed by atoms with E-state index in [1.165, 1.54) is 11.1 Å². The molecule has 12 heteroatoms. The van der Waals surface area contributed by atoms with Crippen molar-refractivity contribution < 1.29 is 13.2 Å². The second-order valence-corrected chi connectivity index (χ2v) is 14.5. The van der Waals surface area contributed by atoms with Gasteiger partial charge in [-0.3, -0.25) is 9.59 Å². The molecular weight excluding hydrogens is 560 g/mol. The molecule has 3 N–H and O–H groups in total. The average Bonchev–Trinajstić information content (AvgIpc) is 3.65. The number of carbonyl (C=O) groups is 1. The number of thiophene rings is 1. The highest BCUT2D eigenvalue weighted by atomic mass is 32.2. The standard InChI is InChI=1S/C29H34N6O4S2/c1-18(14-21-4-3-12-40-21)31-23-5-8-30-28(36)26(23)27-32-24-15-19-17-35(29(37)22(19)16-25(24)33-27)20-6-9-34(10-7-20)11-13-41(2,38)39/h3-5,8,12,15-16,18,20H,6-7,9-11,13-14,17H2,1-2H3,(H,32,33)(H2,30,31,36)/t18-/m0/s1. The lowest BCUT2D eigenvalue weighted by molar-refractivity contribution is 0.0603. The van der Waals surface area contributed by atoms with Crippen molar-refractivity contribution >= 4 is 43.8 Å². The lowest BCUT2D eigenvalue weighted by atomic mass is 10.0. The molecule has 0 bridgehead atoms. The molecule has 1 amide bonds. The minimum Gasteiger partial charge on any atom is -0.381 e. The number of likely N-dealkylation sites (tertiary alicyclic amines) is 1. The molecule has 0 radical (unpaired) electrons. The quantitative estimate of drug-likeness (QED) is 0.270. The molecule has 0 saturated carbocycles. The highest BCUT2D eigenvalue weighted by Crippen LogP contribution is 2.33. The van der Waals surface area contributed by atoms with Crippen LogP contribution in [0.2, 0.25) is 0 Å². The van der Waals surface area contributed by atoms with E-state index in [9.17, 15) is 18.0 Å². The highest BCUT2D eigenvalue weighted by molar-refractivity contribution is 7.90. The number of benzene rings is 1. The number of sulfone groups is 1. The monoisotopic (exact) mass is 594 g/mol. The minimum absolute atomic E-state index is 0.00921. The first kappa shape index (κ1) is 27.7. The van der Waals surface area contributed by atoms with Crippen molar-refractivity contribution in [1.29, 1.82) is 0 Å². The van der Waals surface area contributed by atoms with Crippen molar-refractivity contribution in [3.8, 4) is 11.4 Å². The number of aromatic amines is 2. The van der Waals surface area contributed by atoms with Crippen molar-refractivity contribution in [2.75, 3.05) is 37.0 Å². The maximum Gasteiger partial charge on any atom is 0.261 e. The summed E-state index contributed by atoms with van der Waals surface area (Å²) in [5.74, 6) is 0.630. The molecule has 0 aliphatic carbocycles. The molecule has 6 rings (SSSR count). The van der Waals surface area contributed by atoms with Crippen LogP contribution in [0.5, 0.6) is 0 Å². The molecule has 41 heavy (non-hydrogen) atoms. The van der Waals surface area contributed by atoms with Gasteiger partial charge in [-0.1, -0.05) is 6.07 Å². The Balaban J connectivity index is 1.18. The van der Waals surface area contributed by atoms with Gasteiger partial charge in [-0.05, 0) is 55.0 Å². The van der Waals surface area contributed by atoms with Gasteiger partial charge in [-0.2, -0.15) is 0 Å². The van der Waals surface area contributed by atoms with E-state index in [2.05, 4.69) is 38.6 Å². The van der Waals surface area contributed by atoms with E-state index in [4.69, 9.17) is 4.98 Å². The summed E-state index contributed by atoms with van der Waals surface area (Å²) in [7, 11) is -2.99. The van der Waals surface area contributed by atoms with Crippen LogP contribution in [0.4, 0.5) is 5.69 Å². The number of aromatic nitrogens is 3. The van der Waals surface area contributed by atoms with Crippen LogP contribution < -0.4 is 10.9 Å². The number of anilines is 1. The summed E-state index contributed by atoms with van der Waals surface area (Å²) in [5.41, 5.74) is 3.93. The van der Waals surface area contributed by atoms with Crippen molar-refractivity contribution in [3.63, 3.8) is 0 Å². The Morgan fingerprint density at radius 3 is 2.73 bits per heavy atom. The van der Waals surface area contributed by atoms with E-state index in [1.807, 2.05) is 29.2 Å². The summed E-state index contributed by atoms with van der Waals surface area (Å²) in [6, 6.07) is 10.0.